The van der Waals surface area contributed by atoms with E-state index >= 15 is 0 Å². The zero-order chi connectivity index (χ0) is 13.8. The minimum Gasteiger partial charge on any atom is -0.325 e. The molecule has 0 radical (unpaired) electrons. The third-order valence-electron chi connectivity index (χ3n) is 3.35. The molecule has 7 nitrogen and oxygen atoms in total. The highest BCUT2D eigenvalue weighted by Crippen LogP contribution is 2.15. The smallest absolute Gasteiger partial charge is 0.241 e. The maximum atomic E-state index is 12.1. The molecule has 1 atom stereocenters. The van der Waals surface area contributed by atoms with Crippen LogP contribution in [0.2, 0.25) is 0 Å². The third-order valence-corrected chi connectivity index (χ3v) is 3.35. The van der Waals surface area contributed by atoms with Crippen LogP contribution in [-0.4, -0.2) is 38.7 Å². The van der Waals surface area contributed by atoms with Crippen LogP contribution >= 0.6 is 12.4 Å². The van der Waals surface area contributed by atoms with E-state index < -0.39 is 0 Å². The van der Waals surface area contributed by atoms with Crippen LogP contribution in [0.25, 0.3) is 5.69 Å². The zero-order valence-corrected chi connectivity index (χ0v) is 12.2. The first kappa shape index (κ1) is 15.4. The summed E-state index contributed by atoms with van der Waals surface area (Å²) < 4.78 is 1.55. The number of amides is 1. The lowest BCUT2D eigenvalue weighted by Gasteiger charge is -2.22. The largest absolute Gasteiger partial charge is 0.325 e. The van der Waals surface area contributed by atoms with Crippen molar-refractivity contribution in [1.82, 2.24) is 25.5 Å². The number of halogens is 1. The van der Waals surface area contributed by atoms with Gasteiger partial charge in [0.05, 0.1) is 11.7 Å². The highest BCUT2D eigenvalue weighted by molar-refractivity contribution is 5.95. The molecule has 0 unspecified atom stereocenters. The molecule has 1 amide bonds. The highest BCUT2D eigenvalue weighted by Gasteiger charge is 2.20. The van der Waals surface area contributed by atoms with E-state index in [-0.39, 0.29) is 24.4 Å². The summed E-state index contributed by atoms with van der Waals surface area (Å²) in [4.78, 5) is 12.1. The number of carbonyl (C=O) groups excluding carboxylic acids is 1. The fourth-order valence-corrected chi connectivity index (χ4v) is 2.31. The van der Waals surface area contributed by atoms with Crippen LogP contribution < -0.4 is 10.6 Å². The number of nitrogens with zero attached hydrogens (tertiary/aromatic N) is 4. The molecule has 1 saturated heterocycles. The molecule has 1 aliphatic rings. The van der Waals surface area contributed by atoms with Gasteiger partial charge in [0.2, 0.25) is 5.91 Å². The van der Waals surface area contributed by atoms with E-state index in [4.69, 9.17) is 0 Å². The van der Waals surface area contributed by atoms with Gasteiger partial charge in [0.25, 0.3) is 0 Å². The molecule has 8 heteroatoms. The van der Waals surface area contributed by atoms with Crippen LogP contribution in [-0.2, 0) is 4.79 Å². The molecule has 1 fully saturated rings. The molecule has 1 aromatic carbocycles. The van der Waals surface area contributed by atoms with Crippen molar-refractivity contribution in [1.29, 1.82) is 0 Å². The summed E-state index contributed by atoms with van der Waals surface area (Å²) in [6.07, 6.45) is 4.64. The second-order valence-corrected chi connectivity index (χ2v) is 4.80. The molecule has 21 heavy (non-hydrogen) atoms. The lowest BCUT2D eigenvalue weighted by molar-refractivity contribution is -0.118. The van der Waals surface area contributed by atoms with E-state index in [1.165, 1.54) is 6.33 Å². The van der Waals surface area contributed by atoms with Crippen molar-refractivity contribution >= 4 is 24.0 Å². The SMILES string of the molecule is Cl.O=C(Nc1cccc(-n2cnnn2)c1)[C@H]1CCCCN1. The lowest BCUT2D eigenvalue weighted by atomic mass is 10.0. The number of anilines is 1. The number of tetrazole rings is 1. The van der Waals surface area contributed by atoms with E-state index in [1.54, 1.807) is 4.68 Å². The molecule has 0 bridgehead atoms. The van der Waals surface area contributed by atoms with Gasteiger partial charge in [0.1, 0.15) is 6.33 Å². The van der Waals surface area contributed by atoms with Gasteiger partial charge < -0.3 is 10.6 Å². The first-order chi connectivity index (χ1) is 9.83. The number of piperidine rings is 1. The number of benzene rings is 1. The van der Waals surface area contributed by atoms with Crippen molar-refractivity contribution < 1.29 is 4.79 Å². The van der Waals surface area contributed by atoms with Crippen LogP contribution in [0.3, 0.4) is 0 Å². The average molecular weight is 309 g/mol. The van der Waals surface area contributed by atoms with E-state index in [0.717, 1.165) is 37.2 Å². The van der Waals surface area contributed by atoms with Gasteiger partial charge in [-0.3, -0.25) is 4.79 Å². The Bertz CT molecular complexity index is 582. The normalized spacial score (nSPS) is 17.8. The molecule has 0 saturated carbocycles. The van der Waals surface area contributed by atoms with E-state index in [1.807, 2.05) is 24.3 Å². The number of nitrogens with one attached hydrogen (secondary N) is 2. The minimum absolute atomic E-state index is 0. The van der Waals surface area contributed by atoms with Gasteiger partial charge in [-0.2, -0.15) is 0 Å². The van der Waals surface area contributed by atoms with E-state index in [0.29, 0.717) is 0 Å². The van der Waals surface area contributed by atoms with Gasteiger partial charge in [-0.05, 0) is 48.0 Å². The van der Waals surface area contributed by atoms with Crippen molar-refractivity contribution in [2.75, 3.05) is 11.9 Å². The van der Waals surface area contributed by atoms with Crippen LogP contribution in [0.1, 0.15) is 19.3 Å². The van der Waals surface area contributed by atoms with Gasteiger partial charge in [-0.15, -0.1) is 17.5 Å². The highest BCUT2D eigenvalue weighted by atomic mass is 35.5. The number of hydrogen-bond acceptors (Lipinski definition) is 5. The van der Waals surface area contributed by atoms with Gasteiger partial charge in [0.15, 0.2) is 0 Å². The second kappa shape index (κ2) is 7.14. The second-order valence-electron chi connectivity index (χ2n) is 4.80. The van der Waals surface area contributed by atoms with Crippen molar-refractivity contribution in [3.8, 4) is 5.69 Å². The summed E-state index contributed by atoms with van der Waals surface area (Å²) in [7, 11) is 0. The topological polar surface area (TPSA) is 84.7 Å². The molecule has 1 aliphatic heterocycles. The van der Waals surface area contributed by atoms with Gasteiger partial charge in [0, 0.05) is 5.69 Å². The fraction of sp³-hybridized carbons (Fsp3) is 0.385. The van der Waals surface area contributed by atoms with Crippen LogP contribution in [0.4, 0.5) is 5.69 Å². The molecule has 0 spiro atoms. The van der Waals surface area contributed by atoms with Crippen LogP contribution in [0.5, 0.6) is 0 Å². The monoisotopic (exact) mass is 308 g/mol. The van der Waals surface area contributed by atoms with Gasteiger partial charge in [-0.1, -0.05) is 12.5 Å². The summed E-state index contributed by atoms with van der Waals surface area (Å²) in [6.45, 7) is 0.906. The molecular weight excluding hydrogens is 292 g/mol. The Kier molecular flexibility index (Phi) is 5.24. The van der Waals surface area contributed by atoms with E-state index in [9.17, 15) is 4.79 Å². The Morgan fingerprint density at radius 1 is 1.38 bits per heavy atom. The van der Waals surface area contributed by atoms with Crippen LogP contribution in [0.15, 0.2) is 30.6 Å². The quantitative estimate of drug-likeness (QED) is 0.889. The predicted molar refractivity (Wildman–Crippen MR) is 80.7 cm³/mol. The van der Waals surface area contributed by atoms with Gasteiger partial charge >= 0.3 is 0 Å². The molecule has 1 aromatic heterocycles. The first-order valence-corrected chi connectivity index (χ1v) is 6.70. The fourth-order valence-electron chi connectivity index (χ4n) is 2.31. The number of hydrogen-bond donors (Lipinski definition) is 2. The number of rotatable bonds is 3. The molecule has 3 rings (SSSR count). The number of aromatic nitrogens is 4. The summed E-state index contributed by atoms with van der Waals surface area (Å²) in [6, 6.07) is 7.35. The summed E-state index contributed by atoms with van der Waals surface area (Å²) in [5.74, 6) is 0.0126. The van der Waals surface area contributed by atoms with E-state index in [2.05, 4.69) is 26.2 Å². The predicted octanol–water partition coefficient (Wildman–Crippen LogP) is 1.16. The molecular formula is C13H17ClN6O. The Morgan fingerprint density at radius 2 is 2.29 bits per heavy atom. The Hall–Kier alpha value is -1.99. The van der Waals surface area contributed by atoms with Crippen molar-refractivity contribution in [3.63, 3.8) is 0 Å². The van der Waals surface area contributed by atoms with Crippen molar-refractivity contribution in [2.24, 2.45) is 0 Å². The zero-order valence-electron chi connectivity index (χ0n) is 11.4. The molecule has 0 aliphatic carbocycles. The minimum atomic E-state index is -0.0968. The van der Waals surface area contributed by atoms with Crippen molar-refractivity contribution in [3.05, 3.63) is 30.6 Å². The lowest BCUT2D eigenvalue weighted by Crippen LogP contribution is -2.43. The molecule has 112 valence electrons. The Balaban J connectivity index is 0.00000161. The summed E-state index contributed by atoms with van der Waals surface area (Å²) in [5, 5.41) is 17.2. The third kappa shape index (κ3) is 3.77. The average Bonchev–Trinajstić information content (AvgIpc) is 3.03. The first-order valence-electron chi connectivity index (χ1n) is 6.70. The standard InChI is InChI=1S/C13H16N6O.ClH/c20-13(12-6-1-2-7-14-12)16-10-4-3-5-11(8-10)19-9-15-17-18-19;/h3-5,8-9,12,14H,1-2,6-7H2,(H,16,20);1H/t12-;/m1./s1. The van der Waals surface area contributed by atoms with Crippen LogP contribution in [0, 0.1) is 0 Å². The summed E-state index contributed by atoms with van der Waals surface area (Å²) in [5.41, 5.74) is 1.56. The maximum Gasteiger partial charge on any atom is 0.241 e. The number of carbonyl (C=O) groups is 1. The van der Waals surface area contributed by atoms with Gasteiger partial charge in [-0.25, -0.2) is 4.68 Å². The van der Waals surface area contributed by atoms with Crippen molar-refractivity contribution in [2.45, 2.75) is 25.3 Å². The Labute approximate surface area is 128 Å². The summed E-state index contributed by atoms with van der Waals surface area (Å²) >= 11 is 0. The molecule has 2 N–H and O–H groups in total. The molecule has 2 aromatic rings. The molecule has 2 heterocycles. The Morgan fingerprint density at radius 3 is 3.00 bits per heavy atom. The maximum absolute atomic E-state index is 12.1.